The molecule has 1 aliphatic heterocycles. The van der Waals surface area contributed by atoms with Crippen LogP contribution < -0.4 is 9.64 Å². The average molecular weight is 434 g/mol. The summed E-state index contributed by atoms with van der Waals surface area (Å²) in [6.45, 7) is 8.87. The molecule has 2 aromatic rings. The molecule has 0 bridgehead atoms. The van der Waals surface area contributed by atoms with Crippen LogP contribution >= 0.6 is 0 Å². The van der Waals surface area contributed by atoms with Crippen molar-refractivity contribution in [3.8, 4) is 5.75 Å². The number of aliphatic hydroxyl groups is 1. The van der Waals surface area contributed by atoms with Gasteiger partial charge in [-0.1, -0.05) is 75.5 Å². The quantitative estimate of drug-likeness (QED) is 0.501. The molecule has 3 rings (SSSR count). The van der Waals surface area contributed by atoms with E-state index in [1.807, 2.05) is 49.4 Å². The topological polar surface area (TPSA) is 32.7 Å². The Morgan fingerprint density at radius 2 is 1.63 bits per heavy atom. The number of hydrogen-bond acceptors (Lipinski definition) is 3. The summed E-state index contributed by atoms with van der Waals surface area (Å²) < 4.78 is 39.2. The van der Waals surface area contributed by atoms with Crippen molar-refractivity contribution in [2.75, 3.05) is 4.90 Å². The van der Waals surface area contributed by atoms with E-state index in [4.69, 9.17) is 4.74 Å². The minimum atomic E-state index is -3.49. The van der Waals surface area contributed by atoms with E-state index in [1.165, 1.54) is 6.92 Å². The molecular weight excluding hydrogens is 400 g/mol. The molecular formula is C24H33F2NO2Si. The van der Waals surface area contributed by atoms with Crippen molar-refractivity contribution in [2.24, 2.45) is 0 Å². The Hall–Kier alpha value is -1.92. The van der Waals surface area contributed by atoms with Crippen molar-refractivity contribution in [1.29, 1.82) is 0 Å². The van der Waals surface area contributed by atoms with Crippen molar-refractivity contribution in [3.05, 3.63) is 60.2 Å². The van der Waals surface area contributed by atoms with Gasteiger partial charge in [-0.15, -0.1) is 0 Å². The summed E-state index contributed by atoms with van der Waals surface area (Å²) in [4.78, 5) is 1.68. The van der Waals surface area contributed by atoms with Gasteiger partial charge >= 0.3 is 5.92 Å². The Labute approximate surface area is 179 Å². The largest absolute Gasteiger partial charge is 0.459 e. The standard InChI is InChI=1S/C24H33F2NO2Si/c1-6-7-17-23(24(25,26)22(2,28)30(3,4)5)27(18-19-13-9-8-10-14-19)20-15-11-12-16-21(20)29-23/h8-16,28H,6-7,17-18H2,1-5H3. The number of anilines is 1. The maximum absolute atomic E-state index is 16.5. The second kappa shape index (κ2) is 7.97. The van der Waals surface area contributed by atoms with Crippen LogP contribution in [0.3, 0.4) is 0 Å². The van der Waals surface area contributed by atoms with Crippen LogP contribution in [-0.2, 0) is 6.54 Å². The molecule has 0 amide bonds. The number of nitrogens with zero attached hydrogens (tertiary/aromatic N) is 1. The van der Waals surface area contributed by atoms with Crippen molar-refractivity contribution in [2.45, 2.75) is 76.2 Å². The van der Waals surface area contributed by atoms with E-state index in [9.17, 15) is 5.11 Å². The van der Waals surface area contributed by atoms with Crippen molar-refractivity contribution < 1.29 is 18.6 Å². The summed E-state index contributed by atoms with van der Waals surface area (Å²) in [6.07, 6.45) is 1.45. The van der Waals surface area contributed by atoms with Gasteiger partial charge in [0.1, 0.15) is 11.0 Å². The fraction of sp³-hybridized carbons (Fsp3) is 0.500. The molecule has 6 heteroatoms. The number of fused-ring (bicyclic) bond motifs is 1. The van der Waals surface area contributed by atoms with E-state index < -0.39 is 24.9 Å². The zero-order valence-electron chi connectivity index (χ0n) is 18.6. The maximum atomic E-state index is 16.5. The highest BCUT2D eigenvalue weighted by Crippen LogP contribution is 2.56. The van der Waals surface area contributed by atoms with Gasteiger partial charge in [0.15, 0.2) is 0 Å². The number of ether oxygens (including phenoxy) is 1. The average Bonchev–Trinajstić information content (AvgIpc) is 3.01. The number of benzene rings is 2. The first-order valence-corrected chi connectivity index (χ1v) is 14.2. The monoisotopic (exact) mass is 433 g/mol. The van der Waals surface area contributed by atoms with E-state index in [2.05, 4.69) is 0 Å². The molecule has 164 valence electrons. The van der Waals surface area contributed by atoms with Crippen LogP contribution in [0.5, 0.6) is 5.75 Å². The molecule has 0 saturated heterocycles. The SMILES string of the molecule is CCCCC1(C(F)(F)C(C)(O)[Si](C)(C)C)Oc2ccccc2N1Cc1ccccc1. The smallest absolute Gasteiger partial charge is 0.330 e. The second-order valence-electron chi connectivity index (χ2n) is 9.43. The minimum Gasteiger partial charge on any atom is -0.459 e. The van der Waals surface area contributed by atoms with Crippen LogP contribution in [0.15, 0.2) is 54.6 Å². The number of unbranched alkanes of at least 4 members (excludes halogenated alkanes) is 1. The first-order chi connectivity index (χ1) is 14.0. The van der Waals surface area contributed by atoms with Gasteiger partial charge in [-0.25, -0.2) is 0 Å². The first kappa shape index (κ1) is 22.8. The van der Waals surface area contributed by atoms with Gasteiger partial charge in [-0.3, -0.25) is 0 Å². The Bertz CT molecular complexity index is 867. The van der Waals surface area contributed by atoms with Crippen molar-refractivity contribution >= 4 is 13.8 Å². The van der Waals surface area contributed by atoms with Gasteiger partial charge in [0.05, 0.1) is 13.8 Å². The molecule has 30 heavy (non-hydrogen) atoms. The molecule has 0 spiro atoms. The molecule has 1 aliphatic rings. The van der Waals surface area contributed by atoms with E-state index >= 15 is 8.78 Å². The summed E-state index contributed by atoms with van der Waals surface area (Å²) >= 11 is 0. The van der Waals surface area contributed by atoms with Gasteiger partial charge < -0.3 is 14.7 Å². The summed E-state index contributed by atoms with van der Waals surface area (Å²) in [7, 11) is -2.70. The summed E-state index contributed by atoms with van der Waals surface area (Å²) in [5.74, 6) is -3.05. The van der Waals surface area contributed by atoms with Gasteiger partial charge in [-0.2, -0.15) is 8.78 Å². The highest BCUT2D eigenvalue weighted by atomic mass is 28.3. The van der Waals surface area contributed by atoms with Crippen LogP contribution in [0.2, 0.25) is 19.6 Å². The molecule has 0 aliphatic carbocycles. The molecule has 0 fully saturated rings. The normalized spacial score (nSPS) is 21.1. The van der Waals surface area contributed by atoms with Gasteiger partial charge in [0.2, 0.25) is 5.72 Å². The molecule has 0 radical (unpaired) electrons. The maximum Gasteiger partial charge on any atom is 0.330 e. The second-order valence-corrected chi connectivity index (χ2v) is 14.9. The zero-order valence-corrected chi connectivity index (χ0v) is 19.6. The molecule has 2 aromatic carbocycles. The Balaban J connectivity index is 2.19. The Kier molecular flexibility index (Phi) is 6.04. The van der Waals surface area contributed by atoms with Gasteiger partial charge in [0.25, 0.3) is 0 Å². The third-order valence-electron chi connectivity index (χ3n) is 6.49. The number of alkyl halides is 2. The van der Waals surface area contributed by atoms with Crippen LogP contribution in [0.1, 0.15) is 38.7 Å². The molecule has 2 atom stereocenters. The lowest BCUT2D eigenvalue weighted by Gasteiger charge is -2.52. The third-order valence-corrected chi connectivity index (χ3v) is 9.72. The van der Waals surface area contributed by atoms with Gasteiger partial charge in [-0.05, 0) is 31.0 Å². The Morgan fingerprint density at radius 3 is 2.23 bits per heavy atom. The van der Waals surface area contributed by atoms with Crippen molar-refractivity contribution in [1.82, 2.24) is 0 Å². The third kappa shape index (κ3) is 3.54. The molecule has 0 aromatic heterocycles. The summed E-state index contributed by atoms with van der Waals surface area (Å²) in [5, 5.41) is 9.11. The molecule has 0 saturated carbocycles. The number of halogens is 2. The number of rotatable bonds is 8. The highest BCUT2D eigenvalue weighted by Gasteiger charge is 2.73. The van der Waals surface area contributed by atoms with Crippen LogP contribution in [0.4, 0.5) is 14.5 Å². The van der Waals surface area contributed by atoms with Gasteiger partial charge in [0, 0.05) is 13.0 Å². The zero-order chi connectivity index (χ0) is 22.2. The first-order valence-electron chi connectivity index (χ1n) is 10.7. The molecule has 3 nitrogen and oxygen atoms in total. The fourth-order valence-corrected chi connectivity index (χ4v) is 5.16. The lowest BCUT2D eigenvalue weighted by atomic mass is 9.92. The fourth-order valence-electron chi connectivity index (χ4n) is 4.02. The summed E-state index contributed by atoms with van der Waals surface area (Å²) in [6, 6.07) is 16.8. The van der Waals surface area contributed by atoms with Crippen molar-refractivity contribution in [3.63, 3.8) is 0 Å². The summed E-state index contributed by atoms with van der Waals surface area (Å²) in [5.41, 5.74) is -0.391. The van der Waals surface area contributed by atoms with E-state index in [0.29, 0.717) is 17.9 Å². The van der Waals surface area contributed by atoms with E-state index in [-0.39, 0.29) is 13.0 Å². The molecule has 1 heterocycles. The number of para-hydroxylation sites is 2. The molecule has 1 N–H and O–H groups in total. The van der Waals surface area contributed by atoms with Crippen LogP contribution in [0, 0.1) is 0 Å². The molecule has 2 unspecified atom stereocenters. The van der Waals surface area contributed by atoms with E-state index in [0.717, 1.165) is 12.0 Å². The van der Waals surface area contributed by atoms with E-state index in [1.54, 1.807) is 36.7 Å². The highest BCUT2D eigenvalue weighted by molar-refractivity contribution is 6.79. The van der Waals surface area contributed by atoms with Crippen LogP contribution in [0.25, 0.3) is 0 Å². The lowest BCUT2D eigenvalue weighted by molar-refractivity contribution is -0.232. The lowest BCUT2D eigenvalue weighted by Crippen LogP contribution is -2.75. The Morgan fingerprint density at radius 1 is 1.03 bits per heavy atom. The predicted molar refractivity (Wildman–Crippen MR) is 121 cm³/mol. The number of hydrogen-bond donors (Lipinski definition) is 1. The minimum absolute atomic E-state index is 0.124. The predicted octanol–water partition coefficient (Wildman–Crippen LogP) is 6.24. The van der Waals surface area contributed by atoms with Crippen LogP contribution in [-0.4, -0.2) is 30.1 Å².